The summed E-state index contributed by atoms with van der Waals surface area (Å²) in [6.45, 7) is 5.49. The molecule has 5 heteroatoms. The average molecular weight is 317 g/mol. The first kappa shape index (κ1) is 16.2. The maximum absolute atomic E-state index is 12.8. The number of methoxy groups -OCH3 is 1. The molecular weight excluding hydrogens is 290 g/mol. The van der Waals surface area contributed by atoms with Crippen molar-refractivity contribution < 1.29 is 9.53 Å². The number of carbonyl (C=O) groups excluding carboxylic acids is 1. The second-order valence-corrected chi connectivity index (χ2v) is 6.65. The number of carbonyl (C=O) groups is 1. The third-order valence-corrected chi connectivity index (χ3v) is 5.15. The zero-order valence-electron chi connectivity index (χ0n) is 14.3. The van der Waals surface area contributed by atoms with Crippen LogP contribution >= 0.6 is 0 Å². The minimum absolute atomic E-state index is 0.0654. The first-order chi connectivity index (χ1) is 11.2. The summed E-state index contributed by atoms with van der Waals surface area (Å²) in [6.07, 6.45) is 8.39. The molecule has 1 saturated carbocycles. The molecule has 0 radical (unpaired) electrons. The van der Waals surface area contributed by atoms with Crippen molar-refractivity contribution in [2.24, 2.45) is 0 Å². The van der Waals surface area contributed by atoms with Crippen LogP contribution in [0.15, 0.2) is 12.3 Å². The summed E-state index contributed by atoms with van der Waals surface area (Å²) in [5.41, 5.74) is 1.47. The van der Waals surface area contributed by atoms with Gasteiger partial charge in [0.1, 0.15) is 5.75 Å². The van der Waals surface area contributed by atoms with Gasteiger partial charge in [0.05, 0.1) is 18.9 Å². The Kier molecular flexibility index (Phi) is 5.16. The Hall–Kier alpha value is -1.62. The molecule has 126 valence electrons. The molecule has 1 aromatic heterocycles. The molecule has 0 spiro atoms. The van der Waals surface area contributed by atoms with E-state index in [1.807, 2.05) is 17.9 Å². The molecular formula is C18H27N3O2. The van der Waals surface area contributed by atoms with Gasteiger partial charge in [-0.3, -0.25) is 14.7 Å². The molecule has 1 amide bonds. The lowest BCUT2D eigenvalue weighted by molar-refractivity contribution is 0.0520. The van der Waals surface area contributed by atoms with Gasteiger partial charge in [0.2, 0.25) is 0 Å². The molecule has 2 aliphatic rings. The van der Waals surface area contributed by atoms with E-state index in [2.05, 4.69) is 9.88 Å². The van der Waals surface area contributed by atoms with Crippen LogP contribution in [-0.4, -0.2) is 60.0 Å². The smallest absolute Gasteiger partial charge is 0.257 e. The lowest BCUT2D eigenvalue weighted by Gasteiger charge is -2.40. The number of ether oxygens (including phenoxy) is 1. The lowest BCUT2D eigenvalue weighted by Crippen LogP contribution is -2.52. The van der Waals surface area contributed by atoms with Gasteiger partial charge in [0.25, 0.3) is 5.91 Å². The van der Waals surface area contributed by atoms with Crippen LogP contribution in [0.3, 0.4) is 0 Å². The van der Waals surface area contributed by atoms with E-state index >= 15 is 0 Å². The number of hydrogen-bond acceptors (Lipinski definition) is 4. The van der Waals surface area contributed by atoms with Crippen molar-refractivity contribution in [1.82, 2.24) is 14.8 Å². The highest BCUT2D eigenvalue weighted by molar-refractivity contribution is 5.97. The van der Waals surface area contributed by atoms with Crippen LogP contribution in [0, 0.1) is 6.92 Å². The summed E-state index contributed by atoms with van der Waals surface area (Å²) in [4.78, 5) is 21.6. The van der Waals surface area contributed by atoms with Gasteiger partial charge in [-0.15, -0.1) is 0 Å². The van der Waals surface area contributed by atoms with E-state index in [-0.39, 0.29) is 5.91 Å². The Bertz CT molecular complexity index is 547. The van der Waals surface area contributed by atoms with Crippen LogP contribution in [0.5, 0.6) is 5.75 Å². The summed E-state index contributed by atoms with van der Waals surface area (Å²) in [5.74, 6) is 0.631. The molecule has 1 aromatic rings. The second kappa shape index (κ2) is 7.30. The Morgan fingerprint density at radius 2 is 1.87 bits per heavy atom. The maximum Gasteiger partial charge on any atom is 0.257 e. The number of rotatable bonds is 3. The number of pyridine rings is 1. The zero-order chi connectivity index (χ0) is 16.2. The monoisotopic (exact) mass is 317 g/mol. The SMILES string of the molecule is COc1cnc(C)cc1C(=O)N1CCN(C2CCCCC2)CC1. The molecule has 1 saturated heterocycles. The minimum atomic E-state index is 0.0654. The van der Waals surface area contributed by atoms with E-state index in [1.165, 1.54) is 32.1 Å². The van der Waals surface area contributed by atoms with Crippen molar-refractivity contribution in [2.75, 3.05) is 33.3 Å². The Balaban J connectivity index is 1.63. The molecule has 0 N–H and O–H groups in total. The van der Waals surface area contributed by atoms with Gasteiger partial charge in [-0.1, -0.05) is 19.3 Å². The Morgan fingerprint density at radius 1 is 1.17 bits per heavy atom. The highest BCUT2D eigenvalue weighted by atomic mass is 16.5. The molecule has 2 fully saturated rings. The first-order valence-electron chi connectivity index (χ1n) is 8.73. The summed E-state index contributed by atoms with van der Waals surface area (Å²) >= 11 is 0. The molecule has 5 nitrogen and oxygen atoms in total. The van der Waals surface area contributed by atoms with Gasteiger partial charge < -0.3 is 9.64 Å². The van der Waals surface area contributed by atoms with Crippen molar-refractivity contribution in [3.8, 4) is 5.75 Å². The third kappa shape index (κ3) is 3.66. The predicted molar refractivity (Wildman–Crippen MR) is 89.9 cm³/mol. The number of piperazine rings is 1. The van der Waals surface area contributed by atoms with Gasteiger partial charge in [0.15, 0.2) is 0 Å². The number of aromatic nitrogens is 1. The van der Waals surface area contributed by atoms with Crippen LogP contribution < -0.4 is 4.74 Å². The van der Waals surface area contributed by atoms with Crippen molar-refractivity contribution in [3.05, 3.63) is 23.5 Å². The van der Waals surface area contributed by atoms with Gasteiger partial charge in [-0.25, -0.2) is 0 Å². The van der Waals surface area contributed by atoms with E-state index in [1.54, 1.807) is 13.3 Å². The van der Waals surface area contributed by atoms with Crippen LogP contribution in [-0.2, 0) is 0 Å². The molecule has 1 aliphatic heterocycles. The molecule has 2 heterocycles. The summed E-state index contributed by atoms with van der Waals surface area (Å²) in [7, 11) is 1.59. The van der Waals surface area contributed by atoms with Crippen LogP contribution in [0.1, 0.15) is 48.2 Å². The van der Waals surface area contributed by atoms with Crippen molar-refractivity contribution >= 4 is 5.91 Å². The largest absolute Gasteiger partial charge is 0.494 e. The number of nitrogens with zero attached hydrogens (tertiary/aromatic N) is 3. The minimum Gasteiger partial charge on any atom is -0.494 e. The van der Waals surface area contributed by atoms with E-state index in [9.17, 15) is 4.79 Å². The molecule has 0 aromatic carbocycles. The fourth-order valence-corrected chi connectivity index (χ4v) is 3.78. The number of amides is 1. The summed E-state index contributed by atoms with van der Waals surface area (Å²) in [6, 6.07) is 2.56. The fraction of sp³-hybridized carbons (Fsp3) is 0.667. The van der Waals surface area contributed by atoms with E-state index < -0.39 is 0 Å². The highest BCUT2D eigenvalue weighted by Gasteiger charge is 2.28. The Labute approximate surface area is 138 Å². The molecule has 0 bridgehead atoms. The van der Waals surface area contributed by atoms with Gasteiger partial charge in [-0.2, -0.15) is 0 Å². The summed E-state index contributed by atoms with van der Waals surface area (Å²) < 4.78 is 5.31. The van der Waals surface area contributed by atoms with Crippen molar-refractivity contribution in [3.63, 3.8) is 0 Å². The fourth-order valence-electron chi connectivity index (χ4n) is 3.78. The molecule has 1 aliphatic carbocycles. The zero-order valence-corrected chi connectivity index (χ0v) is 14.3. The van der Waals surface area contributed by atoms with Crippen LogP contribution in [0.25, 0.3) is 0 Å². The second-order valence-electron chi connectivity index (χ2n) is 6.65. The van der Waals surface area contributed by atoms with Gasteiger partial charge in [-0.05, 0) is 25.8 Å². The van der Waals surface area contributed by atoms with Gasteiger partial charge >= 0.3 is 0 Å². The molecule has 0 unspecified atom stereocenters. The predicted octanol–water partition coefficient (Wildman–Crippen LogP) is 2.49. The van der Waals surface area contributed by atoms with E-state index in [4.69, 9.17) is 4.74 Å². The summed E-state index contributed by atoms with van der Waals surface area (Å²) in [5, 5.41) is 0. The molecule has 3 rings (SSSR count). The lowest BCUT2D eigenvalue weighted by atomic mass is 9.94. The van der Waals surface area contributed by atoms with Crippen LogP contribution in [0.4, 0.5) is 0 Å². The third-order valence-electron chi connectivity index (χ3n) is 5.15. The maximum atomic E-state index is 12.8. The Morgan fingerprint density at radius 3 is 2.52 bits per heavy atom. The van der Waals surface area contributed by atoms with Gasteiger partial charge in [0, 0.05) is 37.9 Å². The van der Waals surface area contributed by atoms with Crippen molar-refractivity contribution in [2.45, 2.75) is 45.1 Å². The average Bonchev–Trinajstić information content (AvgIpc) is 2.62. The highest BCUT2D eigenvalue weighted by Crippen LogP contribution is 2.25. The quantitative estimate of drug-likeness (QED) is 0.859. The topological polar surface area (TPSA) is 45.7 Å². The number of aryl methyl sites for hydroxylation is 1. The van der Waals surface area contributed by atoms with E-state index in [0.717, 1.165) is 37.9 Å². The molecule has 23 heavy (non-hydrogen) atoms. The number of hydrogen-bond donors (Lipinski definition) is 0. The van der Waals surface area contributed by atoms with E-state index in [0.29, 0.717) is 11.3 Å². The standard InChI is InChI=1S/C18H27N3O2/c1-14-12-16(17(23-2)13-19-14)18(22)21-10-8-20(9-11-21)15-6-4-3-5-7-15/h12-13,15H,3-11H2,1-2H3. The van der Waals surface area contributed by atoms with Crippen molar-refractivity contribution in [1.29, 1.82) is 0 Å². The van der Waals surface area contributed by atoms with Crippen LogP contribution in [0.2, 0.25) is 0 Å². The molecule has 0 atom stereocenters. The first-order valence-corrected chi connectivity index (χ1v) is 8.73. The normalized spacial score (nSPS) is 20.5.